The quantitative estimate of drug-likeness (QED) is 0.742. The summed E-state index contributed by atoms with van der Waals surface area (Å²) in [5.74, 6) is -6.95. The van der Waals surface area contributed by atoms with E-state index in [0.717, 1.165) is 20.0 Å². The van der Waals surface area contributed by atoms with Crippen LogP contribution >= 0.6 is 0 Å². The Balaban J connectivity index is 1.67. The van der Waals surface area contributed by atoms with E-state index in [4.69, 9.17) is 0 Å². The summed E-state index contributed by atoms with van der Waals surface area (Å²) < 4.78 is 47.9. The molecule has 4 rings (SSSR count). The van der Waals surface area contributed by atoms with Gasteiger partial charge in [-0.3, -0.25) is 14.4 Å². The Kier molecular flexibility index (Phi) is 5.57. The highest BCUT2D eigenvalue weighted by Crippen LogP contribution is 2.32. The van der Waals surface area contributed by atoms with E-state index in [1.807, 2.05) is 0 Å². The fourth-order valence-electron chi connectivity index (χ4n) is 4.19. The van der Waals surface area contributed by atoms with Crippen LogP contribution in [0.1, 0.15) is 51.7 Å². The second-order valence-corrected chi connectivity index (χ2v) is 7.73. The molecule has 0 radical (unpaired) electrons. The summed E-state index contributed by atoms with van der Waals surface area (Å²) in [7, 11) is 1.01. The first-order valence-corrected chi connectivity index (χ1v) is 10.0. The number of methoxy groups -OCH3 is 1. The lowest BCUT2D eigenvalue weighted by atomic mass is 10.1. The van der Waals surface area contributed by atoms with Gasteiger partial charge in [-0.15, -0.1) is 0 Å². The molecule has 2 amide bonds. The molecule has 2 aromatic rings. The molecule has 0 spiro atoms. The lowest BCUT2D eigenvalue weighted by molar-refractivity contribution is 0.0677. The van der Waals surface area contributed by atoms with Gasteiger partial charge in [-0.2, -0.15) is 0 Å². The van der Waals surface area contributed by atoms with Crippen molar-refractivity contribution in [2.75, 3.05) is 20.2 Å². The average molecular weight is 451 g/mol. The van der Waals surface area contributed by atoms with E-state index in [9.17, 15) is 32.7 Å². The number of nitrogens with one attached hydrogen (secondary N) is 1. The van der Waals surface area contributed by atoms with E-state index >= 15 is 0 Å². The molecule has 32 heavy (non-hydrogen) atoms. The molecule has 170 valence electrons. The maximum atomic E-state index is 14.3. The number of nitrogens with zero attached hydrogens (tertiary/aromatic N) is 2. The molecule has 1 fully saturated rings. The van der Waals surface area contributed by atoms with Crippen LogP contribution in [0.15, 0.2) is 17.1 Å². The van der Waals surface area contributed by atoms with Gasteiger partial charge in [0.05, 0.1) is 13.2 Å². The van der Waals surface area contributed by atoms with Crippen molar-refractivity contribution in [3.05, 3.63) is 56.8 Å². The number of amides is 2. The normalized spacial score (nSPS) is 17.6. The molecule has 2 aliphatic rings. The third-order valence-corrected chi connectivity index (χ3v) is 5.84. The Morgan fingerprint density at radius 1 is 1.25 bits per heavy atom. The van der Waals surface area contributed by atoms with E-state index in [1.54, 1.807) is 4.90 Å². The van der Waals surface area contributed by atoms with Crippen molar-refractivity contribution < 1.29 is 32.6 Å². The van der Waals surface area contributed by atoms with Gasteiger partial charge in [0.1, 0.15) is 11.4 Å². The molecule has 0 saturated carbocycles. The van der Waals surface area contributed by atoms with Crippen LogP contribution in [-0.2, 0) is 6.54 Å². The van der Waals surface area contributed by atoms with Crippen LogP contribution in [-0.4, -0.2) is 46.6 Å². The average Bonchev–Trinajstić information content (AvgIpc) is 2.98. The first-order valence-electron chi connectivity index (χ1n) is 10.0. The first kappa shape index (κ1) is 21.7. The maximum absolute atomic E-state index is 14.3. The van der Waals surface area contributed by atoms with Crippen molar-refractivity contribution in [2.24, 2.45) is 0 Å². The van der Waals surface area contributed by atoms with Gasteiger partial charge in [0.15, 0.2) is 28.8 Å². The van der Waals surface area contributed by atoms with Crippen LogP contribution < -0.4 is 15.5 Å². The Morgan fingerprint density at radius 2 is 2.00 bits per heavy atom. The van der Waals surface area contributed by atoms with Crippen molar-refractivity contribution in [3.8, 4) is 11.5 Å². The van der Waals surface area contributed by atoms with Gasteiger partial charge >= 0.3 is 0 Å². The molecule has 1 unspecified atom stereocenters. The number of hydrogen-bond acceptors (Lipinski definition) is 5. The second kappa shape index (κ2) is 8.21. The number of benzene rings is 1. The lowest BCUT2D eigenvalue weighted by Crippen LogP contribution is -2.44. The number of pyridine rings is 1. The minimum atomic E-state index is -1.32. The van der Waals surface area contributed by atoms with Gasteiger partial charge in [-0.25, -0.2) is 13.2 Å². The predicted octanol–water partition coefficient (Wildman–Crippen LogP) is 2.09. The highest BCUT2D eigenvalue weighted by molar-refractivity contribution is 5.99. The number of halogens is 3. The van der Waals surface area contributed by atoms with Crippen molar-refractivity contribution in [1.29, 1.82) is 0 Å². The summed E-state index contributed by atoms with van der Waals surface area (Å²) in [5.41, 5.74) is -2.38. The predicted molar refractivity (Wildman–Crippen MR) is 105 cm³/mol. The van der Waals surface area contributed by atoms with Crippen molar-refractivity contribution in [1.82, 2.24) is 14.8 Å². The van der Waals surface area contributed by atoms with Crippen LogP contribution in [0.2, 0.25) is 0 Å². The Morgan fingerprint density at radius 3 is 2.72 bits per heavy atom. The highest BCUT2D eigenvalue weighted by atomic mass is 19.1. The summed E-state index contributed by atoms with van der Waals surface area (Å²) in [5, 5.41) is 12.6. The van der Waals surface area contributed by atoms with Crippen LogP contribution in [0.25, 0.3) is 0 Å². The van der Waals surface area contributed by atoms with Crippen molar-refractivity contribution in [3.63, 3.8) is 0 Å². The molecule has 0 aliphatic carbocycles. The van der Waals surface area contributed by atoms with Gasteiger partial charge in [0.25, 0.3) is 11.8 Å². The van der Waals surface area contributed by atoms with Crippen LogP contribution in [0.5, 0.6) is 11.5 Å². The zero-order valence-electron chi connectivity index (χ0n) is 17.1. The molecular formula is C21H20F3N3O5. The molecule has 1 saturated heterocycles. The third kappa shape index (κ3) is 3.47. The van der Waals surface area contributed by atoms with Gasteiger partial charge in [-0.1, -0.05) is 0 Å². The number of ether oxygens (including phenoxy) is 1. The van der Waals surface area contributed by atoms with Crippen LogP contribution in [0.4, 0.5) is 13.2 Å². The van der Waals surface area contributed by atoms with Gasteiger partial charge in [0.2, 0.25) is 5.43 Å². The van der Waals surface area contributed by atoms with E-state index in [-0.39, 0.29) is 11.7 Å². The molecule has 2 aliphatic heterocycles. The minimum Gasteiger partial charge on any atom is -0.503 e. The molecule has 8 nitrogen and oxygen atoms in total. The zero-order valence-corrected chi connectivity index (χ0v) is 17.1. The first-order chi connectivity index (χ1) is 15.2. The van der Waals surface area contributed by atoms with E-state index < -0.39 is 63.9 Å². The standard InChI is InChI=1S/C21H20F3N3O5/c1-32-19-14(23)6-13(22)11(15(19)24)7-25-20(30)12-9-27-10-4-2-3-5-26(8-10)21(31)16(27)18(29)17(12)28/h6,9-10,29H,2-5,7-8H2,1H3,(H,25,30). The number of carbonyl (C=O) groups excluding carboxylic acids is 2. The molecule has 2 N–H and O–H groups in total. The monoisotopic (exact) mass is 451 g/mol. The molecule has 1 atom stereocenters. The van der Waals surface area contributed by atoms with Crippen LogP contribution in [0, 0.1) is 17.5 Å². The summed E-state index contributed by atoms with van der Waals surface area (Å²) >= 11 is 0. The highest BCUT2D eigenvalue weighted by Gasteiger charge is 2.36. The number of carbonyl (C=O) groups is 2. The summed E-state index contributed by atoms with van der Waals surface area (Å²) in [4.78, 5) is 39.5. The molecule has 11 heteroatoms. The van der Waals surface area contributed by atoms with Crippen molar-refractivity contribution in [2.45, 2.75) is 31.8 Å². The Labute approximate surface area is 180 Å². The number of fused-ring (bicyclic) bond motifs is 4. The van der Waals surface area contributed by atoms with Gasteiger partial charge < -0.3 is 24.6 Å². The fourth-order valence-corrected chi connectivity index (χ4v) is 4.19. The Hall–Kier alpha value is -3.50. The van der Waals surface area contributed by atoms with Crippen LogP contribution in [0.3, 0.4) is 0 Å². The largest absolute Gasteiger partial charge is 0.503 e. The summed E-state index contributed by atoms with van der Waals surface area (Å²) in [6.07, 6.45) is 3.49. The van der Waals surface area contributed by atoms with E-state index in [2.05, 4.69) is 10.1 Å². The number of rotatable bonds is 4. The zero-order chi connectivity index (χ0) is 23.2. The van der Waals surface area contributed by atoms with E-state index in [0.29, 0.717) is 25.6 Å². The van der Waals surface area contributed by atoms with Gasteiger partial charge in [-0.05, 0) is 19.3 Å². The SMILES string of the molecule is COc1c(F)cc(F)c(CNC(=O)c2cn3c(c(O)c2=O)C(=O)N2CCCCC3C2)c1F. The fraction of sp³-hybridized carbons (Fsp3) is 0.381. The topological polar surface area (TPSA) is 101 Å². The van der Waals surface area contributed by atoms with Crippen molar-refractivity contribution >= 4 is 11.8 Å². The smallest absolute Gasteiger partial charge is 0.274 e. The van der Waals surface area contributed by atoms with Gasteiger partial charge in [0, 0.05) is 37.5 Å². The molecule has 3 heterocycles. The number of hydrogen-bond donors (Lipinski definition) is 2. The molecule has 1 aromatic carbocycles. The number of aromatic hydroxyl groups is 1. The maximum Gasteiger partial charge on any atom is 0.274 e. The molecule has 1 aromatic heterocycles. The summed E-state index contributed by atoms with van der Waals surface area (Å²) in [6.45, 7) is 0.204. The summed E-state index contributed by atoms with van der Waals surface area (Å²) in [6, 6.07) is 0.200. The third-order valence-electron chi connectivity index (χ3n) is 5.84. The number of aromatic nitrogens is 1. The molecular weight excluding hydrogens is 431 g/mol. The molecule has 2 bridgehead atoms. The minimum absolute atomic E-state index is 0.176. The Bertz CT molecular complexity index is 1180. The second-order valence-electron chi connectivity index (χ2n) is 7.73. The van der Waals surface area contributed by atoms with E-state index in [1.165, 1.54) is 10.8 Å². The lowest BCUT2D eigenvalue weighted by Gasteiger charge is -2.34.